The van der Waals surface area contributed by atoms with Crippen molar-refractivity contribution in [1.29, 1.82) is 0 Å². The zero-order valence-corrected chi connectivity index (χ0v) is 11.6. The molecule has 0 atom stereocenters. The van der Waals surface area contributed by atoms with Gasteiger partial charge in [-0.05, 0) is 25.1 Å². The number of primary amides is 1. The number of ether oxygens (including phenoxy) is 1. The summed E-state index contributed by atoms with van der Waals surface area (Å²) in [7, 11) is 0. The number of carbonyl (C=O) groups excluding carboxylic acids is 3. The maximum absolute atomic E-state index is 13.2. The molecule has 0 unspecified atom stereocenters. The molecule has 0 aliphatic rings. The summed E-state index contributed by atoms with van der Waals surface area (Å²) in [5.41, 5.74) is 5.61. The van der Waals surface area contributed by atoms with Crippen LogP contribution in [0.3, 0.4) is 0 Å². The van der Waals surface area contributed by atoms with Crippen LogP contribution in [0.15, 0.2) is 22.6 Å². The third kappa shape index (κ3) is 3.40. The second kappa shape index (κ2) is 6.25. The standard InChI is InChI=1S/C14H13FN2O5/c1-7-9-4-8(15)2-3-10(9)22-13(7)14(20)21-6-12(19)17-5-11(16)18/h2-4H,5-6H2,1H3,(H2,16,18)(H,17,19). The van der Waals surface area contributed by atoms with Crippen molar-refractivity contribution in [2.45, 2.75) is 6.92 Å². The van der Waals surface area contributed by atoms with Crippen LogP contribution in [0.4, 0.5) is 4.39 Å². The van der Waals surface area contributed by atoms with Crippen LogP contribution in [0.2, 0.25) is 0 Å². The molecule has 2 rings (SSSR count). The van der Waals surface area contributed by atoms with Gasteiger partial charge in [0.15, 0.2) is 6.61 Å². The SMILES string of the molecule is Cc1c(C(=O)OCC(=O)NCC(N)=O)oc2ccc(F)cc12. The van der Waals surface area contributed by atoms with Gasteiger partial charge in [0.05, 0.1) is 6.54 Å². The van der Waals surface area contributed by atoms with E-state index in [-0.39, 0.29) is 12.3 Å². The average Bonchev–Trinajstić information content (AvgIpc) is 2.79. The molecular weight excluding hydrogens is 295 g/mol. The van der Waals surface area contributed by atoms with Gasteiger partial charge in [-0.2, -0.15) is 0 Å². The lowest BCUT2D eigenvalue weighted by Gasteiger charge is -2.04. The third-order valence-electron chi connectivity index (χ3n) is 2.88. The van der Waals surface area contributed by atoms with E-state index in [0.717, 1.165) is 0 Å². The summed E-state index contributed by atoms with van der Waals surface area (Å²) in [5.74, 6) is -2.81. The van der Waals surface area contributed by atoms with Crippen LogP contribution in [0.5, 0.6) is 0 Å². The van der Waals surface area contributed by atoms with E-state index < -0.39 is 30.2 Å². The van der Waals surface area contributed by atoms with E-state index >= 15 is 0 Å². The fourth-order valence-electron chi connectivity index (χ4n) is 1.82. The monoisotopic (exact) mass is 308 g/mol. The summed E-state index contributed by atoms with van der Waals surface area (Å²) < 4.78 is 23.3. The number of amides is 2. The van der Waals surface area contributed by atoms with Crippen LogP contribution in [-0.2, 0) is 14.3 Å². The zero-order valence-electron chi connectivity index (χ0n) is 11.6. The van der Waals surface area contributed by atoms with Crippen molar-refractivity contribution in [3.8, 4) is 0 Å². The first-order valence-corrected chi connectivity index (χ1v) is 6.29. The quantitative estimate of drug-likeness (QED) is 0.787. The lowest BCUT2D eigenvalue weighted by atomic mass is 10.1. The molecule has 1 aromatic heterocycles. The summed E-state index contributed by atoms with van der Waals surface area (Å²) in [4.78, 5) is 33.7. The Morgan fingerprint density at radius 2 is 2.09 bits per heavy atom. The van der Waals surface area contributed by atoms with Crippen molar-refractivity contribution in [2.75, 3.05) is 13.2 Å². The van der Waals surface area contributed by atoms with E-state index in [1.54, 1.807) is 6.92 Å². The third-order valence-corrected chi connectivity index (χ3v) is 2.88. The number of hydrogen-bond donors (Lipinski definition) is 2. The van der Waals surface area contributed by atoms with E-state index in [9.17, 15) is 18.8 Å². The predicted octanol–water partition coefficient (Wildman–Crippen LogP) is 0.639. The molecule has 22 heavy (non-hydrogen) atoms. The number of aryl methyl sites for hydroxylation is 1. The highest BCUT2D eigenvalue weighted by Gasteiger charge is 2.20. The molecule has 0 saturated carbocycles. The van der Waals surface area contributed by atoms with Gasteiger partial charge in [-0.25, -0.2) is 9.18 Å². The first kappa shape index (κ1) is 15.5. The van der Waals surface area contributed by atoms with E-state index in [2.05, 4.69) is 5.32 Å². The van der Waals surface area contributed by atoms with E-state index in [4.69, 9.17) is 14.9 Å². The summed E-state index contributed by atoms with van der Waals surface area (Å²) in [6.07, 6.45) is 0. The first-order valence-electron chi connectivity index (χ1n) is 6.29. The lowest BCUT2D eigenvalue weighted by molar-refractivity contribution is -0.127. The lowest BCUT2D eigenvalue weighted by Crippen LogP contribution is -2.36. The van der Waals surface area contributed by atoms with Gasteiger partial charge in [0.1, 0.15) is 11.4 Å². The van der Waals surface area contributed by atoms with E-state index in [1.807, 2.05) is 0 Å². The molecule has 0 saturated heterocycles. The van der Waals surface area contributed by atoms with Crippen molar-refractivity contribution in [1.82, 2.24) is 5.32 Å². The maximum Gasteiger partial charge on any atom is 0.375 e. The summed E-state index contributed by atoms with van der Waals surface area (Å²) in [5, 5.41) is 2.62. The van der Waals surface area contributed by atoms with E-state index in [1.165, 1.54) is 18.2 Å². The summed E-state index contributed by atoms with van der Waals surface area (Å²) in [6, 6.07) is 3.84. The Labute approximate surface area is 124 Å². The van der Waals surface area contributed by atoms with Crippen molar-refractivity contribution in [2.24, 2.45) is 5.73 Å². The van der Waals surface area contributed by atoms with Crippen LogP contribution in [0.1, 0.15) is 16.1 Å². The Hall–Kier alpha value is -2.90. The molecule has 0 fully saturated rings. The minimum absolute atomic E-state index is 0.108. The molecule has 2 amide bonds. The van der Waals surface area contributed by atoms with Crippen molar-refractivity contribution >= 4 is 28.8 Å². The maximum atomic E-state index is 13.2. The number of hydrogen-bond acceptors (Lipinski definition) is 5. The van der Waals surface area contributed by atoms with Gasteiger partial charge in [0.2, 0.25) is 11.7 Å². The Morgan fingerprint density at radius 3 is 2.77 bits per heavy atom. The molecule has 8 heteroatoms. The minimum Gasteiger partial charge on any atom is -0.450 e. The number of rotatable bonds is 5. The second-order valence-electron chi connectivity index (χ2n) is 4.52. The molecule has 1 aromatic carbocycles. The second-order valence-corrected chi connectivity index (χ2v) is 4.52. The smallest absolute Gasteiger partial charge is 0.375 e. The molecule has 3 N–H and O–H groups in total. The highest BCUT2D eigenvalue weighted by Crippen LogP contribution is 2.26. The molecule has 2 aromatic rings. The molecule has 0 aliphatic heterocycles. The van der Waals surface area contributed by atoms with Gasteiger partial charge in [-0.1, -0.05) is 0 Å². The minimum atomic E-state index is -0.858. The number of furan rings is 1. The van der Waals surface area contributed by atoms with Crippen LogP contribution in [0.25, 0.3) is 11.0 Å². The predicted molar refractivity (Wildman–Crippen MR) is 73.4 cm³/mol. The molecule has 1 heterocycles. The fourth-order valence-corrected chi connectivity index (χ4v) is 1.82. The molecule has 0 aliphatic carbocycles. The number of benzene rings is 1. The average molecular weight is 308 g/mol. The van der Waals surface area contributed by atoms with Crippen molar-refractivity contribution in [3.63, 3.8) is 0 Å². The Kier molecular flexibility index (Phi) is 4.40. The van der Waals surface area contributed by atoms with Crippen molar-refractivity contribution < 1.29 is 27.9 Å². The van der Waals surface area contributed by atoms with Crippen LogP contribution in [-0.4, -0.2) is 30.9 Å². The Balaban J connectivity index is 2.05. The topological polar surface area (TPSA) is 112 Å². The van der Waals surface area contributed by atoms with Gasteiger partial charge >= 0.3 is 5.97 Å². The Morgan fingerprint density at radius 1 is 1.36 bits per heavy atom. The normalized spacial score (nSPS) is 10.5. The summed E-state index contributed by atoms with van der Waals surface area (Å²) >= 11 is 0. The van der Waals surface area contributed by atoms with Crippen LogP contribution >= 0.6 is 0 Å². The Bertz CT molecular complexity index is 753. The van der Waals surface area contributed by atoms with Gasteiger partial charge in [-0.15, -0.1) is 0 Å². The molecule has 0 radical (unpaired) electrons. The number of carbonyl (C=O) groups is 3. The van der Waals surface area contributed by atoms with Crippen LogP contribution in [0, 0.1) is 12.7 Å². The largest absolute Gasteiger partial charge is 0.450 e. The highest BCUT2D eigenvalue weighted by molar-refractivity contribution is 5.96. The van der Waals surface area contributed by atoms with E-state index in [0.29, 0.717) is 16.5 Å². The highest BCUT2D eigenvalue weighted by atomic mass is 19.1. The molecule has 0 spiro atoms. The number of fused-ring (bicyclic) bond motifs is 1. The molecule has 7 nitrogen and oxygen atoms in total. The van der Waals surface area contributed by atoms with Gasteiger partial charge in [-0.3, -0.25) is 9.59 Å². The first-order chi connectivity index (χ1) is 10.4. The van der Waals surface area contributed by atoms with Crippen molar-refractivity contribution in [3.05, 3.63) is 35.3 Å². The molecule has 0 bridgehead atoms. The number of nitrogens with one attached hydrogen (secondary N) is 1. The number of nitrogens with two attached hydrogens (primary N) is 1. The van der Waals surface area contributed by atoms with Gasteiger partial charge < -0.3 is 20.2 Å². The van der Waals surface area contributed by atoms with Gasteiger partial charge in [0, 0.05) is 10.9 Å². The van der Waals surface area contributed by atoms with Gasteiger partial charge in [0.25, 0.3) is 5.91 Å². The molecule has 116 valence electrons. The number of halogens is 1. The fraction of sp³-hybridized carbons (Fsp3) is 0.214. The van der Waals surface area contributed by atoms with Crippen LogP contribution < -0.4 is 11.1 Å². The number of esters is 1. The summed E-state index contributed by atoms with van der Waals surface area (Å²) in [6.45, 7) is 0.644. The zero-order chi connectivity index (χ0) is 16.3. The molecular formula is C14H13FN2O5.